The minimum absolute atomic E-state index is 0.00567. The summed E-state index contributed by atoms with van der Waals surface area (Å²) in [5.41, 5.74) is 3.32. The number of nitrogens with zero attached hydrogens (tertiary/aromatic N) is 6. The van der Waals surface area contributed by atoms with Crippen molar-refractivity contribution in [1.82, 2.24) is 24.6 Å². The van der Waals surface area contributed by atoms with Gasteiger partial charge in [0.15, 0.2) is 5.65 Å². The maximum Gasteiger partial charge on any atom is 0.339 e. The van der Waals surface area contributed by atoms with Gasteiger partial charge in [0.2, 0.25) is 0 Å². The second-order valence-corrected chi connectivity index (χ2v) is 10.5. The molecule has 1 amide bonds. The van der Waals surface area contributed by atoms with Gasteiger partial charge in [-0.3, -0.25) is 4.79 Å². The molecular weight excluding hydrogens is 456 g/mol. The van der Waals surface area contributed by atoms with Gasteiger partial charge in [0.05, 0.1) is 34.4 Å². The zero-order chi connectivity index (χ0) is 26.2. The van der Waals surface area contributed by atoms with Crippen LogP contribution in [0.4, 0.5) is 5.82 Å². The molecule has 0 atom stereocenters. The molecule has 1 saturated heterocycles. The number of hydrogen-bond donors (Lipinski definition) is 0. The fourth-order valence-corrected chi connectivity index (χ4v) is 4.46. The van der Waals surface area contributed by atoms with E-state index in [2.05, 4.69) is 44.5 Å². The number of esters is 1. The van der Waals surface area contributed by atoms with Crippen LogP contribution in [-0.4, -0.2) is 69.3 Å². The number of piperazine rings is 1. The Labute approximate surface area is 212 Å². The number of carbonyl (C=O) groups is 2. The van der Waals surface area contributed by atoms with Crippen molar-refractivity contribution in [3.05, 3.63) is 46.9 Å². The quantitative estimate of drug-likeness (QED) is 0.494. The van der Waals surface area contributed by atoms with E-state index < -0.39 is 0 Å². The normalized spacial score (nSPS) is 14.6. The maximum atomic E-state index is 13.8. The van der Waals surface area contributed by atoms with Crippen LogP contribution in [0.25, 0.3) is 11.0 Å². The molecule has 0 aliphatic carbocycles. The number of rotatable bonds is 5. The van der Waals surface area contributed by atoms with Crippen LogP contribution in [0.5, 0.6) is 0 Å². The van der Waals surface area contributed by atoms with Gasteiger partial charge in [0, 0.05) is 38.1 Å². The SMILES string of the molecule is CCOC(=O)c1ccc(N2CCN(C(=O)c3cc(C(C)C)nc4c3c(C)nn4C(C)(C)C)CC2)nc1. The van der Waals surface area contributed by atoms with Crippen LogP contribution in [0.3, 0.4) is 0 Å². The van der Waals surface area contributed by atoms with Gasteiger partial charge in [-0.2, -0.15) is 5.10 Å². The Morgan fingerprint density at radius 1 is 1.11 bits per heavy atom. The van der Waals surface area contributed by atoms with E-state index in [9.17, 15) is 9.59 Å². The highest BCUT2D eigenvalue weighted by Crippen LogP contribution is 2.30. The zero-order valence-electron chi connectivity index (χ0n) is 22.3. The van der Waals surface area contributed by atoms with Gasteiger partial charge in [-0.25, -0.2) is 19.4 Å². The van der Waals surface area contributed by atoms with Crippen molar-refractivity contribution < 1.29 is 14.3 Å². The molecule has 3 aromatic rings. The molecule has 9 heteroatoms. The Bertz CT molecular complexity index is 1270. The number of anilines is 1. The predicted molar refractivity (Wildman–Crippen MR) is 140 cm³/mol. The first kappa shape index (κ1) is 25.6. The first-order valence-corrected chi connectivity index (χ1v) is 12.6. The van der Waals surface area contributed by atoms with Gasteiger partial charge in [-0.05, 0) is 58.7 Å². The van der Waals surface area contributed by atoms with E-state index in [1.54, 1.807) is 19.2 Å². The van der Waals surface area contributed by atoms with Crippen LogP contribution < -0.4 is 4.90 Å². The molecule has 1 aliphatic heterocycles. The Hall–Kier alpha value is -3.49. The van der Waals surface area contributed by atoms with Crippen LogP contribution in [-0.2, 0) is 10.3 Å². The molecule has 0 radical (unpaired) electrons. The fourth-order valence-electron chi connectivity index (χ4n) is 4.46. The molecule has 0 bridgehead atoms. The maximum absolute atomic E-state index is 13.8. The standard InChI is InChI=1S/C27H36N6O3/c1-8-36-26(35)19-9-10-22(28-16-19)31-11-13-32(14-12-31)25(34)20-15-21(17(2)3)29-24-23(20)18(4)30-33(24)27(5,6)7/h9-10,15-17H,8,11-14H2,1-7H3. The Kier molecular flexibility index (Phi) is 7.02. The molecule has 0 unspecified atom stereocenters. The zero-order valence-corrected chi connectivity index (χ0v) is 22.3. The second kappa shape index (κ2) is 9.87. The Morgan fingerprint density at radius 3 is 2.36 bits per heavy atom. The van der Waals surface area contributed by atoms with E-state index >= 15 is 0 Å². The number of ether oxygens (including phenoxy) is 1. The average Bonchev–Trinajstić information content (AvgIpc) is 3.20. The van der Waals surface area contributed by atoms with Crippen molar-refractivity contribution in [3.8, 4) is 0 Å². The molecule has 4 heterocycles. The van der Waals surface area contributed by atoms with Crippen molar-refractivity contribution in [2.45, 2.75) is 59.9 Å². The number of pyridine rings is 2. The second-order valence-electron chi connectivity index (χ2n) is 10.5. The number of carbonyl (C=O) groups excluding carboxylic acids is 2. The van der Waals surface area contributed by atoms with Crippen molar-refractivity contribution in [2.24, 2.45) is 0 Å². The summed E-state index contributed by atoms with van der Waals surface area (Å²) in [5, 5.41) is 5.60. The largest absolute Gasteiger partial charge is 0.462 e. The third kappa shape index (κ3) is 4.92. The minimum atomic E-state index is -0.374. The fraction of sp³-hybridized carbons (Fsp3) is 0.519. The summed E-state index contributed by atoms with van der Waals surface area (Å²) >= 11 is 0. The van der Waals surface area contributed by atoms with E-state index in [0.29, 0.717) is 43.9 Å². The van der Waals surface area contributed by atoms with Gasteiger partial charge >= 0.3 is 5.97 Å². The van der Waals surface area contributed by atoms with Crippen LogP contribution in [0.2, 0.25) is 0 Å². The lowest BCUT2D eigenvalue weighted by molar-refractivity contribution is 0.0525. The topological polar surface area (TPSA) is 93.5 Å². The lowest BCUT2D eigenvalue weighted by Crippen LogP contribution is -2.49. The van der Waals surface area contributed by atoms with Crippen LogP contribution in [0, 0.1) is 6.92 Å². The molecule has 36 heavy (non-hydrogen) atoms. The van der Waals surface area contributed by atoms with Crippen molar-refractivity contribution in [2.75, 3.05) is 37.7 Å². The van der Waals surface area contributed by atoms with Crippen molar-refractivity contribution in [3.63, 3.8) is 0 Å². The molecule has 9 nitrogen and oxygen atoms in total. The van der Waals surface area contributed by atoms with Gasteiger partial charge in [0.1, 0.15) is 5.82 Å². The number of aryl methyl sites for hydroxylation is 1. The summed E-state index contributed by atoms with van der Waals surface area (Å²) in [6, 6.07) is 5.50. The van der Waals surface area contributed by atoms with E-state index in [1.807, 2.05) is 28.6 Å². The molecule has 3 aromatic heterocycles. The Morgan fingerprint density at radius 2 is 1.81 bits per heavy atom. The summed E-state index contributed by atoms with van der Waals surface area (Å²) in [5.74, 6) is 0.600. The molecule has 1 fully saturated rings. The summed E-state index contributed by atoms with van der Waals surface area (Å²) in [4.78, 5) is 39.1. The van der Waals surface area contributed by atoms with Gasteiger partial charge in [-0.1, -0.05) is 13.8 Å². The average molecular weight is 493 g/mol. The van der Waals surface area contributed by atoms with E-state index in [4.69, 9.17) is 14.8 Å². The van der Waals surface area contributed by atoms with E-state index in [-0.39, 0.29) is 23.3 Å². The number of fused-ring (bicyclic) bond motifs is 1. The molecule has 0 saturated carbocycles. The lowest BCUT2D eigenvalue weighted by Gasteiger charge is -2.35. The first-order valence-electron chi connectivity index (χ1n) is 12.6. The van der Waals surface area contributed by atoms with Gasteiger partial charge in [0.25, 0.3) is 5.91 Å². The number of amides is 1. The third-order valence-corrected chi connectivity index (χ3v) is 6.44. The van der Waals surface area contributed by atoms with Crippen LogP contribution in [0.15, 0.2) is 24.4 Å². The number of hydrogen-bond acceptors (Lipinski definition) is 7. The van der Waals surface area contributed by atoms with Gasteiger partial charge in [-0.15, -0.1) is 0 Å². The lowest BCUT2D eigenvalue weighted by atomic mass is 10.0. The smallest absolute Gasteiger partial charge is 0.339 e. The highest BCUT2D eigenvalue weighted by Gasteiger charge is 2.29. The molecule has 192 valence electrons. The summed E-state index contributed by atoms with van der Waals surface area (Å²) in [6.45, 7) is 17.0. The van der Waals surface area contributed by atoms with Crippen molar-refractivity contribution >= 4 is 28.7 Å². The Balaban J connectivity index is 1.57. The minimum Gasteiger partial charge on any atom is -0.462 e. The molecule has 4 rings (SSSR count). The summed E-state index contributed by atoms with van der Waals surface area (Å²) in [7, 11) is 0. The molecular formula is C27H36N6O3. The predicted octanol–water partition coefficient (Wildman–Crippen LogP) is 4.15. The van der Waals surface area contributed by atoms with Crippen LogP contribution >= 0.6 is 0 Å². The summed E-state index contributed by atoms with van der Waals surface area (Å²) < 4.78 is 6.96. The first-order chi connectivity index (χ1) is 17.0. The van der Waals surface area contributed by atoms with Crippen LogP contribution in [0.1, 0.15) is 79.6 Å². The highest BCUT2D eigenvalue weighted by molar-refractivity contribution is 6.06. The molecule has 0 spiro atoms. The van der Waals surface area contributed by atoms with Crippen molar-refractivity contribution in [1.29, 1.82) is 0 Å². The molecule has 1 aliphatic rings. The highest BCUT2D eigenvalue weighted by atomic mass is 16.5. The van der Waals surface area contributed by atoms with E-state index in [1.165, 1.54) is 0 Å². The molecule has 0 N–H and O–H groups in total. The van der Waals surface area contributed by atoms with E-state index in [0.717, 1.165) is 28.2 Å². The molecule has 0 aromatic carbocycles. The number of aromatic nitrogens is 4. The third-order valence-electron chi connectivity index (χ3n) is 6.44. The van der Waals surface area contributed by atoms with Gasteiger partial charge < -0.3 is 14.5 Å². The summed E-state index contributed by atoms with van der Waals surface area (Å²) in [6.07, 6.45) is 1.54. The monoisotopic (exact) mass is 492 g/mol.